The van der Waals surface area contributed by atoms with Crippen LogP contribution >= 0.6 is 11.3 Å². The molecule has 182 valence electrons. The minimum atomic E-state index is -0.561. The van der Waals surface area contributed by atoms with Crippen molar-refractivity contribution in [2.45, 2.75) is 32.0 Å². The van der Waals surface area contributed by atoms with Crippen molar-refractivity contribution in [3.8, 4) is 11.5 Å². The lowest BCUT2D eigenvalue weighted by Gasteiger charge is -2.16. The number of amides is 1. The first-order chi connectivity index (χ1) is 17.0. The molecule has 4 heterocycles. The highest BCUT2D eigenvalue weighted by Gasteiger charge is 2.24. The monoisotopic (exact) mass is 496 g/mol. The first-order valence-electron chi connectivity index (χ1n) is 11.1. The predicted molar refractivity (Wildman–Crippen MR) is 133 cm³/mol. The lowest BCUT2D eigenvalue weighted by Crippen LogP contribution is -2.43. The molecule has 0 spiro atoms. The maximum absolute atomic E-state index is 13.6. The minimum Gasteiger partial charge on any atom is -0.497 e. The van der Waals surface area contributed by atoms with Gasteiger partial charge in [0, 0.05) is 24.3 Å². The lowest BCUT2D eigenvalue weighted by atomic mass is 10.2. The fraction of sp³-hybridized carbons (Fsp3) is 0.333. The van der Waals surface area contributed by atoms with Crippen LogP contribution in [0, 0.1) is 0 Å². The summed E-state index contributed by atoms with van der Waals surface area (Å²) in [5.41, 5.74) is -0.140. The van der Waals surface area contributed by atoms with E-state index in [0.29, 0.717) is 44.2 Å². The highest BCUT2D eigenvalue weighted by atomic mass is 32.1. The molecule has 1 saturated heterocycles. The van der Waals surface area contributed by atoms with E-state index >= 15 is 0 Å². The van der Waals surface area contributed by atoms with Gasteiger partial charge in [0.05, 0.1) is 38.1 Å². The van der Waals surface area contributed by atoms with Crippen LogP contribution < -0.4 is 26.0 Å². The third-order valence-electron chi connectivity index (χ3n) is 6.00. The molecule has 1 atom stereocenters. The Bertz CT molecular complexity index is 1530. The van der Waals surface area contributed by atoms with Gasteiger partial charge in [-0.25, -0.2) is 9.78 Å². The number of nitrogens with zero attached hydrogens (tertiary/aromatic N) is 3. The first kappa shape index (κ1) is 23.1. The molecule has 1 aliphatic rings. The Morgan fingerprint density at radius 1 is 1.23 bits per heavy atom. The topological polar surface area (TPSA) is 114 Å². The van der Waals surface area contributed by atoms with Crippen molar-refractivity contribution >= 4 is 43.4 Å². The second-order valence-electron chi connectivity index (χ2n) is 8.17. The third kappa shape index (κ3) is 4.28. The SMILES string of the molecule is COc1ccc(OC)c(NC(=O)Cn2c(=O)n(C[C@H]3CCCO3)c(=O)c3sc4ncccc4c32)c1. The maximum atomic E-state index is 13.6. The van der Waals surface area contributed by atoms with Crippen LogP contribution in [-0.2, 0) is 22.6 Å². The average Bonchev–Trinajstić information content (AvgIpc) is 3.52. The summed E-state index contributed by atoms with van der Waals surface area (Å²) in [5.74, 6) is 0.538. The van der Waals surface area contributed by atoms with E-state index in [1.165, 1.54) is 34.7 Å². The van der Waals surface area contributed by atoms with E-state index in [9.17, 15) is 14.4 Å². The van der Waals surface area contributed by atoms with E-state index in [0.717, 1.165) is 12.8 Å². The molecule has 4 aromatic rings. The molecule has 5 rings (SSSR count). The Kier molecular flexibility index (Phi) is 6.27. The first-order valence-corrected chi connectivity index (χ1v) is 12.0. The summed E-state index contributed by atoms with van der Waals surface area (Å²) in [4.78, 5) is 45.0. The Morgan fingerprint density at radius 3 is 2.83 bits per heavy atom. The molecule has 0 bridgehead atoms. The summed E-state index contributed by atoms with van der Waals surface area (Å²) in [6.45, 7) is 0.441. The van der Waals surface area contributed by atoms with Gasteiger partial charge in [-0.05, 0) is 37.1 Å². The molecule has 35 heavy (non-hydrogen) atoms. The molecular weight excluding hydrogens is 472 g/mol. The van der Waals surface area contributed by atoms with E-state index in [1.54, 1.807) is 36.5 Å². The van der Waals surface area contributed by atoms with Crippen molar-refractivity contribution in [2.24, 2.45) is 0 Å². The van der Waals surface area contributed by atoms with Crippen LogP contribution in [0.1, 0.15) is 12.8 Å². The van der Waals surface area contributed by atoms with Gasteiger partial charge in [0.1, 0.15) is 27.6 Å². The van der Waals surface area contributed by atoms with Crippen molar-refractivity contribution < 1.29 is 19.0 Å². The normalized spacial score (nSPS) is 15.5. The second-order valence-corrected chi connectivity index (χ2v) is 9.17. The number of hydrogen-bond donors (Lipinski definition) is 1. The van der Waals surface area contributed by atoms with Gasteiger partial charge in [0.25, 0.3) is 5.56 Å². The van der Waals surface area contributed by atoms with Crippen molar-refractivity contribution in [1.82, 2.24) is 14.1 Å². The molecule has 1 amide bonds. The van der Waals surface area contributed by atoms with Gasteiger partial charge in [0.2, 0.25) is 5.91 Å². The smallest absolute Gasteiger partial charge is 0.332 e. The number of carbonyl (C=O) groups excluding carboxylic acids is 1. The number of ether oxygens (including phenoxy) is 3. The number of pyridine rings is 1. The van der Waals surface area contributed by atoms with Gasteiger partial charge < -0.3 is 19.5 Å². The molecule has 10 nitrogen and oxygen atoms in total. The van der Waals surface area contributed by atoms with Gasteiger partial charge in [-0.1, -0.05) is 0 Å². The lowest BCUT2D eigenvalue weighted by molar-refractivity contribution is -0.116. The Morgan fingerprint density at radius 2 is 2.09 bits per heavy atom. The van der Waals surface area contributed by atoms with Crippen LogP contribution in [0.2, 0.25) is 0 Å². The van der Waals surface area contributed by atoms with Crippen molar-refractivity contribution in [3.63, 3.8) is 0 Å². The Labute approximate surface area is 203 Å². The minimum absolute atomic E-state index is 0.139. The van der Waals surface area contributed by atoms with Gasteiger partial charge in [-0.15, -0.1) is 11.3 Å². The molecular formula is C24H24N4O6S. The number of rotatable bonds is 7. The Hall–Kier alpha value is -3.70. The molecule has 0 saturated carbocycles. The zero-order chi connectivity index (χ0) is 24.5. The van der Waals surface area contributed by atoms with Gasteiger partial charge in [-0.2, -0.15) is 0 Å². The van der Waals surface area contributed by atoms with E-state index < -0.39 is 17.2 Å². The summed E-state index contributed by atoms with van der Waals surface area (Å²) in [6.07, 6.45) is 3.07. The molecule has 3 aromatic heterocycles. The van der Waals surface area contributed by atoms with E-state index in [2.05, 4.69) is 10.3 Å². The number of nitrogens with one attached hydrogen (secondary N) is 1. The van der Waals surface area contributed by atoms with E-state index in [4.69, 9.17) is 14.2 Å². The van der Waals surface area contributed by atoms with Crippen LogP contribution in [0.25, 0.3) is 20.4 Å². The standard InChI is InChI=1S/C24H24N4O6S/c1-32-14-7-8-18(33-2)17(11-14)26-19(29)13-27-20-16-6-3-9-25-22(16)35-21(20)23(30)28(24(27)31)12-15-5-4-10-34-15/h3,6-9,11,15H,4-5,10,12-13H2,1-2H3,(H,26,29)/t15-/m1/s1. The average molecular weight is 497 g/mol. The number of methoxy groups -OCH3 is 2. The highest BCUT2D eigenvalue weighted by Crippen LogP contribution is 2.31. The molecule has 1 aromatic carbocycles. The molecule has 1 fully saturated rings. The number of aromatic nitrogens is 3. The fourth-order valence-electron chi connectivity index (χ4n) is 4.33. The summed E-state index contributed by atoms with van der Waals surface area (Å²) < 4.78 is 19.1. The molecule has 11 heteroatoms. The van der Waals surface area contributed by atoms with E-state index in [-0.39, 0.29) is 19.2 Å². The van der Waals surface area contributed by atoms with Crippen LogP contribution in [0.4, 0.5) is 5.69 Å². The van der Waals surface area contributed by atoms with Crippen LogP contribution in [0.15, 0.2) is 46.1 Å². The number of hydrogen-bond acceptors (Lipinski definition) is 8. The molecule has 0 unspecified atom stereocenters. The van der Waals surface area contributed by atoms with Crippen LogP contribution in [0.5, 0.6) is 11.5 Å². The van der Waals surface area contributed by atoms with Gasteiger partial charge >= 0.3 is 5.69 Å². The molecule has 1 N–H and O–H groups in total. The van der Waals surface area contributed by atoms with Crippen LogP contribution in [-0.4, -0.2) is 47.0 Å². The Balaban J connectivity index is 1.60. The van der Waals surface area contributed by atoms with Crippen molar-refractivity contribution in [3.05, 3.63) is 57.4 Å². The van der Waals surface area contributed by atoms with E-state index in [1.807, 2.05) is 0 Å². The zero-order valence-electron chi connectivity index (χ0n) is 19.3. The molecule has 0 aliphatic carbocycles. The molecule has 1 aliphatic heterocycles. The predicted octanol–water partition coefficient (Wildman–Crippen LogP) is 2.61. The van der Waals surface area contributed by atoms with Crippen LogP contribution in [0.3, 0.4) is 0 Å². The summed E-state index contributed by atoms with van der Waals surface area (Å²) >= 11 is 1.21. The number of anilines is 1. The third-order valence-corrected chi connectivity index (χ3v) is 7.09. The number of benzene rings is 1. The summed E-state index contributed by atoms with van der Waals surface area (Å²) in [7, 11) is 3.02. The fourth-order valence-corrected chi connectivity index (χ4v) is 5.42. The number of carbonyl (C=O) groups is 1. The highest BCUT2D eigenvalue weighted by molar-refractivity contribution is 7.25. The van der Waals surface area contributed by atoms with Crippen molar-refractivity contribution in [1.29, 1.82) is 0 Å². The largest absolute Gasteiger partial charge is 0.497 e. The zero-order valence-corrected chi connectivity index (χ0v) is 20.1. The number of fused-ring (bicyclic) bond motifs is 3. The summed E-state index contributed by atoms with van der Waals surface area (Å²) in [6, 6.07) is 8.57. The second kappa shape index (κ2) is 9.51. The van der Waals surface area contributed by atoms with Crippen molar-refractivity contribution in [2.75, 3.05) is 26.1 Å². The van der Waals surface area contributed by atoms with Gasteiger partial charge in [-0.3, -0.25) is 18.7 Å². The van der Waals surface area contributed by atoms with Gasteiger partial charge in [0.15, 0.2) is 0 Å². The summed E-state index contributed by atoms with van der Waals surface area (Å²) in [5, 5.41) is 3.45. The maximum Gasteiger partial charge on any atom is 0.332 e. The number of thiophene rings is 1. The molecule has 0 radical (unpaired) electrons. The quantitative estimate of drug-likeness (QED) is 0.418.